The molecular formula is C39H61ClO4S. The van der Waals surface area contributed by atoms with Gasteiger partial charge in [0, 0.05) is 31.5 Å². The van der Waals surface area contributed by atoms with Crippen LogP contribution >= 0.6 is 23.4 Å². The number of unbranched alkanes of at least 4 members (excludes halogenated alkanes) is 4. The molecule has 0 saturated carbocycles. The standard InChI is InChI=1S/C39H61ClO4S/c1-8-12-22-41-28-34-35(42-23-13-9-2)36(43-24-14-10-3)37(44-25-15-11-4)38(45-34)30-18-21-33(40)31(27-30)26-29-16-19-32(20-17-29)39(5,6)7/h16-21,27,34-38H,8-15,22-26,28H2,1-7H3/t34-,35-,36+,37-,38+/m1/s1. The second-order valence-electron chi connectivity index (χ2n) is 13.6. The van der Waals surface area contributed by atoms with Gasteiger partial charge in [-0.15, -0.1) is 11.8 Å². The summed E-state index contributed by atoms with van der Waals surface area (Å²) in [7, 11) is 0. The summed E-state index contributed by atoms with van der Waals surface area (Å²) < 4.78 is 26.5. The molecule has 0 radical (unpaired) electrons. The molecule has 254 valence electrons. The molecule has 1 aliphatic rings. The summed E-state index contributed by atoms with van der Waals surface area (Å²) in [6.07, 6.45) is 8.97. The topological polar surface area (TPSA) is 36.9 Å². The number of thioether (sulfide) groups is 1. The molecule has 6 heteroatoms. The van der Waals surface area contributed by atoms with E-state index in [0.29, 0.717) is 19.8 Å². The molecule has 0 aromatic heterocycles. The van der Waals surface area contributed by atoms with Gasteiger partial charge in [-0.05, 0) is 65.8 Å². The Hall–Kier alpha value is -1.08. The van der Waals surface area contributed by atoms with E-state index in [1.54, 1.807) is 0 Å². The van der Waals surface area contributed by atoms with Gasteiger partial charge in [0.05, 0.1) is 17.1 Å². The first-order chi connectivity index (χ1) is 21.7. The van der Waals surface area contributed by atoms with Gasteiger partial charge in [0.1, 0.15) is 18.3 Å². The van der Waals surface area contributed by atoms with Crippen molar-refractivity contribution in [2.24, 2.45) is 0 Å². The van der Waals surface area contributed by atoms with Crippen molar-refractivity contribution in [3.05, 3.63) is 69.7 Å². The summed E-state index contributed by atoms with van der Waals surface area (Å²) in [5.74, 6) is 0. The fraction of sp³-hybridized carbons (Fsp3) is 0.692. The Morgan fingerprint density at radius 3 is 1.82 bits per heavy atom. The van der Waals surface area contributed by atoms with E-state index in [1.165, 1.54) is 16.7 Å². The monoisotopic (exact) mass is 660 g/mol. The quantitative estimate of drug-likeness (QED) is 0.132. The lowest BCUT2D eigenvalue weighted by Gasteiger charge is -2.46. The molecule has 45 heavy (non-hydrogen) atoms. The molecule has 0 N–H and O–H groups in total. The number of halogens is 1. The van der Waals surface area contributed by atoms with E-state index in [1.807, 2.05) is 11.8 Å². The van der Waals surface area contributed by atoms with Crippen molar-refractivity contribution < 1.29 is 18.9 Å². The molecule has 0 aliphatic carbocycles. The fourth-order valence-corrected chi connectivity index (χ4v) is 7.49. The minimum Gasteiger partial charge on any atom is -0.380 e. The first-order valence-electron chi connectivity index (χ1n) is 17.7. The largest absolute Gasteiger partial charge is 0.380 e. The van der Waals surface area contributed by atoms with Gasteiger partial charge in [0.2, 0.25) is 0 Å². The summed E-state index contributed by atoms with van der Waals surface area (Å²) in [6, 6.07) is 15.6. The average Bonchev–Trinajstić information content (AvgIpc) is 3.02. The maximum Gasteiger partial charge on any atom is 0.112 e. The number of ether oxygens (including phenoxy) is 4. The Morgan fingerprint density at radius 2 is 1.24 bits per heavy atom. The highest BCUT2D eigenvalue weighted by atomic mass is 35.5. The van der Waals surface area contributed by atoms with Crippen molar-refractivity contribution in [1.29, 1.82) is 0 Å². The molecule has 0 bridgehead atoms. The van der Waals surface area contributed by atoms with Gasteiger partial charge in [-0.1, -0.05) is 122 Å². The predicted octanol–water partition coefficient (Wildman–Crippen LogP) is 10.8. The molecule has 0 unspecified atom stereocenters. The summed E-state index contributed by atoms with van der Waals surface area (Å²) in [6.45, 7) is 19.2. The zero-order valence-corrected chi connectivity index (χ0v) is 30.8. The zero-order chi connectivity index (χ0) is 32.7. The Balaban J connectivity index is 1.98. The van der Waals surface area contributed by atoms with E-state index in [9.17, 15) is 0 Å². The molecule has 1 aliphatic heterocycles. The van der Waals surface area contributed by atoms with Crippen LogP contribution in [-0.4, -0.2) is 56.6 Å². The van der Waals surface area contributed by atoms with Gasteiger partial charge in [0.25, 0.3) is 0 Å². The van der Waals surface area contributed by atoms with Crippen LogP contribution in [0.3, 0.4) is 0 Å². The third kappa shape index (κ3) is 12.1. The van der Waals surface area contributed by atoms with Gasteiger partial charge < -0.3 is 18.9 Å². The van der Waals surface area contributed by atoms with Gasteiger partial charge in [-0.2, -0.15) is 0 Å². The van der Waals surface area contributed by atoms with Crippen molar-refractivity contribution in [2.45, 2.75) is 140 Å². The maximum absolute atomic E-state index is 6.86. The van der Waals surface area contributed by atoms with Crippen LogP contribution in [0.15, 0.2) is 42.5 Å². The minimum atomic E-state index is -0.166. The molecule has 2 aromatic carbocycles. The van der Waals surface area contributed by atoms with E-state index in [0.717, 1.165) is 81.6 Å². The van der Waals surface area contributed by atoms with E-state index in [4.69, 9.17) is 30.5 Å². The van der Waals surface area contributed by atoms with E-state index in [2.05, 4.69) is 90.9 Å². The molecule has 3 rings (SSSR count). The van der Waals surface area contributed by atoms with Crippen LogP contribution in [0.1, 0.15) is 127 Å². The van der Waals surface area contributed by atoms with E-state index >= 15 is 0 Å². The summed E-state index contributed by atoms with van der Waals surface area (Å²) >= 11 is 8.80. The highest BCUT2D eigenvalue weighted by Gasteiger charge is 2.48. The van der Waals surface area contributed by atoms with Crippen molar-refractivity contribution in [2.75, 3.05) is 33.0 Å². The molecular weight excluding hydrogens is 600 g/mol. The van der Waals surface area contributed by atoms with Crippen LogP contribution in [0.25, 0.3) is 0 Å². The Labute approximate surface area is 284 Å². The lowest BCUT2D eigenvalue weighted by atomic mass is 9.86. The molecule has 2 aromatic rings. The minimum absolute atomic E-state index is 0.0820. The highest BCUT2D eigenvalue weighted by molar-refractivity contribution is 8.00. The molecule has 0 spiro atoms. The predicted molar refractivity (Wildman–Crippen MR) is 193 cm³/mol. The third-order valence-electron chi connectivity index (χ3n) is 8.60. The molecule has 1 saturated heterocycles. The van der Waals surface area contributed by atoms with Gasteiger partial charge in [-0.3, -0.25) is 0 Å². The molecule has 1 fully saturated rings. The average molecular weight is 661 g/mol. The van der Waals surface area contributed by atoms with Gasteiger partial charge in [-0.25, -0.2) is 0 Å². The number of hydrogen-bond acceptors (Lipinski definition) is 5. The van der Waals surface area contributed by atoms with Crippen LogP contribution in [0, 0.1) is 0 Å². The Bertz CT molecular complexity index is 1090. The normalized spacial score (nSPS) is 22.2. The van der Waals surface area contributed by atoms with Crippen LogP contribution < -0.4 is 0 Å². The number of hydrogen-bond donors (Lipinski definition) is 0. The second kappa shape index (κ2) is 20.3. The lowest BCUT2D eigenvalue weighted by molar-refractivity contribution is -0.149. The van der Waals surface area contributed by atoms with Crippen molar-refractivity contribution in [1.82, 2.24) is 0 Å². The summed E-state index contributed by atoms with van der Waals surface area (Å²) in [4.78, 5) is 0. The van der Waals surface area contributed by atoms with Crippen molar-refractivity contribution in [3.63, 3.8) is 0 Å². The summed E-state index contributed by atoms with van der Waals surface area (Å²) in [5.41, 5.74) is 5.12. The summed E-state index contributed by atoms with van der Waals surface area (Å²) in [5, 5.41) is 1.03. The smallest absolute Gasteiger partial charge is 0.112 e. The van der Waals surface area contributed by atoms with Gasteiger partial charge >= 0.3 is 0 Å². The second-order valence-corrected chi connectivity index (χ2v) is 15.4. The van der Waals surface area contributed by atoms with Crippen LogP contribution in [0.2, 0.25) is 5.02 Å². The molecule has 0 amide bonds. The Morgan fingerprint density at radius 1 is 0.689 bits per heavy atom. The van der Waals surface area contributed by atoms with Crippen LogP contribution in [0.4, 0.5) is 0 Å². The third-order valence-corrected chi connectivity index (χ3v) is 10.6. The van der Waals surface area contributed by atoms with Crippen LogP contribution in [-0.2, 0) is 30.8 Å². The first kappa shape index (κ1) is 38.4. The maximum atomic E-state index is 6.86. The number of rotatable bonds is 20. The van der Waals surface area contributed by atoms with Crippen molar-refractivity contribution >= 4 is 23.4 Å². The molecule has 4 nitrogen and oxygen atoms in total. The Kier molecular flexibility index (Phi) is 17.3. The zero-order valence-electron chi connectivity index (χ0n) is 29.2. The van der Waals surface area contributed by atoms with Crippen LogP contribution in [0.5, 0.6) is 0 Å². The molecule has 1 heterocycles. The highest BCUT2D eigenvalue weighted by Crippen LogP contribution is 2.47. The van der Waals surface area contributed by atoms with Crippen molar-refractivity contribution in [3.8, 4) is 0 Å². The van der Waals surface area contributed by atoms with Gasteiger partial charge in [0.15, 0.2) is 0 Å². The lowest BCUT2D eigenvalue weighted by Crippen LogP contribution is -2.55. The molecule has 5 atom stereocenters. The number of benzene rings is 2. The fourth-order valence-electron chi connectivity index (χ4n) is 5.68. The SMILES string of the molecule is CCCCOC[C@H]1S[C@@H](c2ccc(Cl)c(Cc3ccc(C(C)(C)C)cc3)c2)[C@H](OCCCC)[C@@H](OCCCC)[C@@H]1OCCCC. The van der Waals surface area contributed by atoms with E-state index in [-0.39, 0.29) is 34.2 Å². The first-order valence-corrected chi connectivity index (χ1v) is 19.0. The van der Waals surface area contributed by atoms with E-state index < -0.39 is 0 Å².